The molecule has 1 aromatic rings. The summed E-state index contributed by atoms with van der Waals surface area (Å²) in [6.45, 7) is 0.826. The molecule has 0 unspecified atom stereocenters. The molecule has 2 N–H and O–H groups in total. The molecule has 0 fully saturated rings. The molecule has 1 heterocycles. The molecule has 1 aliphatic heterocycles. The van der Waals surface area contributed by atoms with E-state index in [0.717, 1.165) is 16.9 Å². The minimum atomic E-state index is 0.585. The molecule has 0 atom stereocenters. The Kier molecular flexibility index (Phi) is 3.90. The Bertz CT molecular complexity index is 431. The van der Waals surface area contributed by atoms with Gasteiger partial charge in [0, 0.05) is 22.1 Å². The fraction of sp³-hybridized carbons (Fsp3) is 0.182. The Morgan fingerprint density at radius 3 is 3.00 bits per heavy atom. The van der Waals surface area contributed by atoms with E-state index in [1.165, 1.54) is 4.90 Å². The molecular weight excluding hydrogens is 286 g/mol. The molecule has 0 saturated carbocycles. The number of nitrogens with zero attached hydrogens (tertiary/aromatic N) is 2. The number of benzene rings is 1. The van der Waals surface area contributed by atoms with E-state index >= 15 is 0 Å². The van der Waals surface area contributed by atoms with Crippen molar-refractivity contribution in [2.24, 2.45) is 10.7 Å². The third kappa shape index (κ3) is 2.80. The van der Waals surface area contributed by atoms with Crippen LogP contribution < -0.4 is 5.73 Å². The highest BCUT2D eigenvalue weighted by Crippen LogP contribution is 2.27. The van der Waals surface area contributed by atoms with Gasteiger partial charge in [-0.2, -0.15) is 0 Å². The molecule has 2 rings (SSSR count). The summed E-state index contributed by atoms with van der Waals surface area (Å²) in [5.41, 5.74) is 5.78. The summed E-state index contributed by atoms with van der Waals surface area (Å²) in [5.74, 6) is 1.39. The van der Waals surface area contributed by atoms with E-state index in [2.05, 4.69) is 27.0 Å². The Morgan fingerprint density at radius 2 is 2.25 bits per heavy atom. The van der Waals surface area contributed by atoms with Crippen LogP contribution in [-0.4, -0.2) is 23.3 Å². The van der Waals surface area contributed by atoms with Crippen LogP contribution in [0.4, 0.5) is 0 Å². The molecule has 0 bridgehead atoms. The minimum absolute atomic E-state index is 0.585. The average molecular weight is 298 g/mol. The van der Waals surface area contributed by atoms with E-state index in [-0.39, 0.29) is 0 Å². The van der Waals surface area contributed by atoms with Crippen LogP contribution in [0, 0.1) is 0 Å². The summed E-state index contributed by atoms with van der Waals surface area (Å²) < 4.78 is 1.11. The van der Waals surface area contributed by atoms with Crippen LogP contribution in [0.5, 0.6) is 0 Å². The second kappa shape index (κ2) is 5.41. The van der Waals surface area contributed by atoms with Crippen molar-refractivity contribution in [3.63, 3.8) is 0 Å². The van der Waals surface area contributed by atoms with E-state index in [4.69, 9.17) is 5.73 Å². The van der Waals surface area contributed by atoms with Crippen LogP contribution in [0.2, 0.25) is 0 Å². The molecule has 1 aliphatic rings. The first-order chi connectivity index (χ1) is 7.77. The van der Waals surface area contributed by atoms with Crippen LogP contribution in [0.25, 0.3) is 0 Å². The van der Waals surface area contributed by atoms with Crippen molar-refractivity contribution >= 4 is 33.7 Å². The van der Waals surface area contributed by atoms with E-state index in [0.29, 0.717) is 5.96 Å². The second-order valence-corrected chi connectivity index (χ2v) is 5.14. The fourth-order valence-corrected chi connectivity index (χ4v) is 2.85. The lowest BCUT2D eigenvalue weighted by Gasteiger charge is -2.23. The molecule has 0 aromatic heterocycles. The maximum Gasteiger partial charge on any atom is 0.196 e. The third-order valence-corrected chi connectivity index (χ3v) is 4.24. The van der Waals surface area contributed by atoms with Crippen molar-refractivity contribution < 1.29 is 0 Å². The Hall–Kier alpha value is -0.940. The highest BCUT2D eigenvalue weighted by molar-refractivity contribution is 9.10. The van der Waals surface area contributed by atoms with Crippen LogP contribution in [0.1, 0.15) is 0 Å². The zero-order chi connectivity index (χ0) is 11.4. The normalized spacial score (nSPS) is 15.1. The molecule has 5 heteroatoms. The van der Waals surface area contributed by atoms with E-state index in [1.807, 2.05) is 29.2 Å². The van der Waals surface area contributed by atoms with Gasteiger partial charge in [-0.05, 0) is 34.1 Å². The minimum Gasteiger partial charge on any atom is -0.369 e. The summed E-state index contributed by atoms with van der Waals surface area (Å²) in [5, 5.41) is 0. The Morgan fingerprint density at radius 1 is 1.44 bits per heavy atom. The number of hydrogen-bond acceptors (Lipinski definition) is 4. The lowest BCUT2D eigenvalue weighted by Crippen LogP contribution is -2.38. The van der Waals surface area contributed by atoms with Crippen molar-refractivity contribution in [2.75, 3.05) is 12.4 Å². The molecule has 84 valence electrons. The van der Waals surface area contributed by atoms with Crippen molar-refractivity contribution in [3.05, 3.63) is 41.0 Å². The van der Waals surface area contributed by atoms with Crippen LogP contribution in [0.15, 0.2) is 50.9 Å². The maximum atomic E-state index is 5.78. The summed E-state index contributed by atoms with van der Waals surface area (Å²) in [6.07, 6.45) is 3.74. The van der Waals surface area contributed by atoms with Gasteiger partial charge >= 0.3 is 0 Å². The fourth-order valence-electron chi connectivity index (χ4n) is 1.31. The van der Waals surface area contributed by atoms with Crippen molar-refractivity contribution in [2.45, 2.75) is 4.90 Å². The van der Waals surface area contributed by atoms with Crippen LogP contribution in [0.3, 0.4) is 0 Å². The first-order valence-electron chi connectivity index (χ1n) is 4.88. The Labute approximate surface area is 108 Å². The number of thioether (sulfide) groups is 1. The number of halogens is 1. The van der Waals surface area contributed by atoms with Gasteiger partial charge in [0.25, 0.3) is 0 Å². The molecule has 0 amide bonds. The summed E-state index contributed by atoms with van der Waals surface area (Å²) >= 11 is 5.26. The molecule has 1 aromatic carbocycles. The predicted molar refractivity (Wildman–Crippen MR) is 72.3 cm³/mol. The van der Waals surface area contributed by atoms with Crippen LogP contribution >= 0.6 is 27.7 Å². The number of aliphatic imine (C=N–C) groups is 1. The van der Waals surface area contributed by atoms with Crippen molar-refractivity contribution in [1.82, 2.24) is 4.90 Å². The largest absolute Gasteiger partial charge is 0.369 e. The molecule has 16 heavy (non-hydrogen) atoms. The highest BCUT2D eigenvalue weighted by atomic mass is 79.9. The number of nitrogens with two attached hydrogens (primary N) is 1. The average Bonchev–Trinajstić information content (AvgIpc) is 2.30. The lowest BCUT2D eigenvalue weighted by molar-refractivity contribution is 0.529. The molecule has 0 saturated heterocycles. The number of hydrogen-bond donors (Lipinski definition) is 1. The van der Waals surface area contributed by atoms with Crippen molar-refractivity contribution in [3.8, 4) is 0 Å². The second-order valence-electron chi connectivity index (χ2n) is 3.30. The van der Waals surface area contributed by atoms with E-state index < -0.39 is 0 Å². The summed E-state index contributed by atoms with van der Waals surface area (Å²) in [6, 6.07) is 8.16. The number of guanidine groups is 1. The topological polar surface area (TPSA) is 41.6 Å². The van der Waals surface area contributed by atoms with Gasteiger partial charge in [0.05, 0.1) is 5.88 Å². The van der Waals surface area contributed by atoms with Crippen LogP contribution in [-0.2, 0) is 0 Å². The Balaban J connectivity index is 1.95. The van der Waals surface area contributed by atoms with Gasteiger partial charge in [-0.15, -0.1) is 11.8 Å². The van der Waals surface area contributed by atoms with Gasteiger partial charge in [-0.25, -0.2) is 4.99 Å². The lowest BCUT2D eigenvalue weighted by atomic mass is 10.4. The van der Waals surface area contributed by atoms with Gasteiger partial charge in [0.15, 0.2) is 5.96 Å². The van der Waals surface area contributed by atoms with Gasteiger partial charge < -0.3 is 10.6 Å². The zero-order valence-corrected chi connectivity index (χ0v) is 11.0. The molecule has 3 nitrogen and oxygen atoms in total. The van der Waals surface area contributed by atoms with Gasteiger partial charge in [0.1, 0.15) is 0 Å². The highest BCUT2D eigenvalue weighted by Gasteiger charge is 2.09. The monoisotopic (exact) mass is 297 g/mol. The first kappa shape index (κ1) is 11.5. The van der Waals surface area contributed by atoms with E-state index in [9.17, 15) is 0 Å². The standard InChI is InChI=1S/C11H12BrN3S/c12-9-4-1-2-5-10(9)16-8-15-7-3-6-14-11(15)13/h1-6H,7-8H2,(H2,13,14). The number of rotatable bonds is 3. The predicted octanol–water partition coefficient (Wildman–Crippen LogP) is 2.64. The third-order valence-electron chi connectivity index (χ3n) is 2.17. The van der Waals surface area contributed by atoms with Gasteiger partial charge in [-0.3, -0.25) is 0 Å². The smallest absolute Gasteiger partial charge is 0.196 e. The summed E-state index contributed by atoms with van der Waals surface area (Å²) in [7, 11) is 0. The molecule has 0 radical (unpaired) electrons. The van der Waals surface area contributed by atoms with Gasteiger partial charge in [0.2, 0.25) is 0 Å². The van der Waals surface area contributed by atoms with Gasteiger partial charge in [-0.1, -0.05) is 12.1 Å². The molecule has 0 aliphatic carbocycles. The van der Waals surface area contributed by atoms with Crippen molar-refractivity contribution in [1.29, 1.82) is 0 Å². The zero-order valence-electron chi connectivity index (χ0n) is 8.64. The maximum absolute atomic E-state index is 5.78. The molecular formula is C11H12BrN3S. The quantitative estimate of drug-likeness (QED) is 0.872. The SMILES string of the molecule is NC1=NC=CCN1CSc1ccccc1Br. The summed E-state index contributed by atoms with van der Waals surface area (Å²) in [4.78, 5) is 7.31. The molecule has 0 spiro atoms. The first-order valence-corrected chi connectivity index (χ1v) is 6.66. The van der Waals surface area contributed by atoms with E-state index in [1.54, 1.807) is 18.0 Å².